The van der Waals surface area contributed by atoms with Gasteiger partial charge in [-0.15, -0.1) is 0 Å². The van der Waals surface area contributed by atoms with Gasteiger partial charge in [0.2, 0.25) is 0 Å². The van der Waals surface area contributed by atoms with Crippen LogP contribution in [0.15, 0.2) is 59.7 Å². The number of nitro groups is 1. The quantitative estimate of drug-likeness (QED) is 0.362. The first-order valence-corrected chi connectivity index (χ1v) is 10.1. The zero-order chi connectivity index (χ0) is 22.5. The summed E-state index contributed by atoms with van der Waals surface area (Å²) in [6.45, 7) is 2.26. The molecule has 32 heavy (non-hydrogen) atoms. The van der Waals surface area contributed by atoms with E-state index in [0.29, 0.717) is 48.9 Å². The molecule has 0 saturated carbocycles. The largest absolute Gasteiger partial charge is 0.496 e. The van der Waals surface area contributed by atoms with E-state index >= 15 is 0 Å². The summed E-state index contributed by atoms with van der Waals surface area (Å²) in [7, 11) is 1.50. The molecule has 0 bridgehead atoms. The molecule has 3 aromatic rings. The molecule has 0 aromatic heterocycles. The van der Waals surface area contributed by atoms with E-state index in [2.05, 4.69) is 10.5 Å². The van der Waals surface area contributed by atoms with Gasteiger partial charge in [0.25, 0.3) is 11.6 Å². The lowest BCUT2D eigenvalue weighted by Gasteiger charge is -2.28. The standard InChI is InChI=1S/C23H22N4O5/c1-31-22-14-18-5-3-2-4-17(18)13-19(22)23(28)25-24-15-16-6-7-20(21(12-16)27(29)30)26-8-10-32-11-9-26/h2-7,12-15H,8-11H2,1H3,(H,25,28)/b24-15-. The van der Waals surface area contributed by atoms with Crippen molar-refractivity contribution in [3.63, 3.8) is 0 Å². The van der Waals surface area contributed by atoms with Crippen LogP contribution in [0.25, 0.3) is 10.8 Å². The van der Waals surface area contributed by atoms with E-state index in [-0.39, 0.29) is 5.69 Å². The van der Waals surface area contributed by atoms with E-state index in [0.717, 1.165) is 10.8 Å². The minimum atomic E-state index is -0.441. The van der Waals surface area contributed by atoms with Gasteiger partial charge in [0, 0.05) is 24.7 Å². The molecule has 9 heteroatoms. The number of ether oxygens (including phenoxy) is 2. The fourth-order valence-electron chi connectivity index (χ4n) is 3.63. The van der Waals surface area contributed by atoms with E-state index < -0.39 is 10.8 Å². The summed E-state index contributed by atoms with van der Waals surface area (Å²) in [6.07, 6.45) is 1.38. The van der Waals surface area contributed by atoms with Crippen LogP contribution in [0.2, 0.25) is 0 Å². The van der Waals surface area contributed by atoms with Crippen molar-refractivity contribution in [2.75, 3.05) is 38.3 Å². The van der Waals surface area contributed by atoms with Crippen molar-refractivity contribution in [2.45, 2.75) is 0 Å². The molecule has 0 atom stereocenters. The number of rotatable bonds is 6. The number of benzene rings is 3. The number of hydrazone groups is 1. The topological polar surface area (TPSA) is 106 Å². The second-order valence-corrected chi connectivity index (χ2v) is 7.20. The SMILES string of the molecule is COc1cc2ccccc2cc1C(=O)N/N=C\c1ccc(N2CCOCC2)c([N+](=O)[O-])c1. The Balaban J connectivity index is 1.52. The third-order valence-electron chi connectivity index (χ3n) is 5.24. The molecule has 4 rings (SSSR count). The third-order valence-corrected chi connectivity index (χ3v) is 5.24. The summed E-state index contributed by atoms with van der Waals surface area (Å²) in [4.78, 5) is 25.8. The van der Waals surface area contributed by atoms with Crippen LogP contribution in [0.5, 0.6) is 5.75 Å². The zero-order valence-electron chi connectivity index (χ0n) is 17.5. The highest BCUT2D eigenvalue weighted by atomic mass is 16.6. The van der Waals surface area contributed by atoms with Gasteiger partial charge < -0.3 is 14.4 Å². The minimum Gasteiger partial charge on any atom is -0.496 e. The molecule has 1 N–H and O–H groups in total. The molecule has 1 aliphatic rings. The smallest absolute Gasteiger partial charge is 0.293 e. The summed E-state index contributed by atoms with van der Waals surface area (Å²) < 4.78 is 10.7. The van der Waals surface area contributed by atoms with Crippen molar-refractivity contribution in [3.8, 4) is 5.75 Å². The van der Waals surface area contributed by atoms with Gasteiger partial charge in [-0.25, -0.2) is 5.43 Å². The summed E-state index contributed by atoms with van der Waals surface area (Å²) >= 11 is 0. The summed E-state index contributed by atoms with van der Waals surface area (Å²) in [5, 5.41) is 17.4. The molecule has 3 aromatic carbocycles. The van der Waals surface area contributed by atoms with E-state index in [4.69, 9.17) is 9.47 Å². The molecule has 0 unspecified atom stereocenters. The second kappa shape index (κ2) is 9.44. The van der Waals surface area contributed by atoms with Crippen molar-refractivity contribution in [1.29, 1.82) is 0 Å². The van der Waals surface area contributed by atoms with Gasteiger partial charge in [0.15, 0.2) is 0 Å². The summed E-state index contributed by atoms with van der Waals surface area (Å²) in [6, 6.07) is 16.0. The highest BCUT2D eigenvalue weighted by molar-refractivity contribution is 6.02. The maximum atomic E-state index is 12.7. The number of nitrogens with one attached hydrogen (secondary N) is 1. The fourth-order valence-corrected chi connectivity index (χ4v) is 3.63. The maximum Gasteiger partial charge on any atom is 0.293 e. The molecule has 0 aliphatic carbocycles. The van der Waals surface area contributed by atoms with Crippen LogP contribution >= 0.6 is 0 Å². The molecule has 9 nitrogen and oxygen atoms in total. The number of nitrogens with zero attached hydrogens (tertiary/aromatic N) is 3. The number of hydrogen-bond donors (Lipinski definition) is 1. The van der Waals surface area contributed by atoms with Crippen LogP contribution < -0.4 is 15.1 Å². The van der Waals surface area contributed by atoms with Gasteiger partial charge in [-0.05, 0) is 29.0 Å². The third kappa shape index (κ3) is 4.52. The molecule has 1 heterocycles. The fraction of sp³-hybridized carbons (Fsp3) is 0.217. The predicted molar refractivity (Wildman–Crippen MR) is 122 cm³/mol. The highest BCUT2D eigenvalue weighted by Gasteiger charge is 2.21. The molecule has 0 spiro atoms. The first-order valence-electron chi connectivity index (χ1n) is 10.1. The maximum absolute atomic E-state index is 12.7. The normalized spacial score (nSPS) is 14.0. The second-order valence-electron chi connectivity index (χ2n) is 7.20. The Hall–Kier alpha value is -3.98. The Kier molecular flexibility index (Phi) is 6.27. The average Bonchev–Trinajstić information content (AvgIpc) is 2.83. The van der Waals surface area contributed by atoms with Crippen molar-refractivity contribution >= 4 is 34.3 Å². The van der Waals surface area contributed by atoms with Gasteiger partial charge in [-0.1, -0.05) is 30.3 Å². The molecular weight excluding hydrogens is 412 g/mol. The van der Waals surface area contributed by atoms with Crippen LogP contribution in [0.1, 0.15) is 15.9 Å². The zero-order valence-corrected chi connectivity index (χ0v) is 17.5. The van der Waals surface area contributed by atoms with E-state index in [1.807, 2.05) is 29.2 Å². The number of carbonyl (C=O) groups excluding carboxylic acids is 1. The van der Waals surface area contributed by atoms with E-state index in [1.165, 1.54) is 19.4 Å². The number of methoxy groups -OCH3 is 1. The van der Waals surface area contributed by atoms with Crippen LogP contribution in [0.3, 0.4) is 0 Å². The van der Waals surface area contributed by atoms with Crippen molar-refractivity contribution in [2.24, 2.45) is 5.10 Å². The van der Waals surface area contributed by atoms with Gasteiger partial charge >= 0.3 is 0 Å². The predicted octanol–water partition coefficient (Wildman–Crippen LogP) is 3.36. The Bertz CT molecular complexity index is 1190. The van der Waals surface area contributed by atoms with Crippen LogP contribution in [-0.2, 0) is 4.74 Å². The Morgan fingerprint density at radius 3 is 2.56 bits per heavy atom. The lowest BCUT2D eigenvalue weighted by Crippen LogP contribution is -2.36. The van der Waals surface area contributed by atoms with Crippen molar-refractivity contribution in [1.82, 2.24) is 5.43 Å². The van der Waals surface area contributed by atoms with Gasteiger partial charge in [0.1, 0.15) is 11.4 Å². The monoisotopic (exact) mass is 434 g/mol. The Morgan fingerprint density at radius 1 is 1.16 bits per heavy atom. The van der Waals surface area contributed by atoms with E-state index in [9.17, 15) is 14.9 Å². The number of carbonyl (C=O) groups is 1. The molecule has 1 amide bonds. The first kappa shape index (κ1) is 21.3. The molecule has 1 saturated heterocycles. The first-order chi connectivity index (χ1) is 15.6. The van der Waals surface area contributed by atoms with Crippen LogP contribution in [0, 0.1) is 10.1 Å². The van der Waals surface area contributed by atoms with Gasteiger partial charge in [0.05, 0.1) is 37.0 Å². The molecule has 164 valence electrons. The molecular formula is C23H22N4O5. The van der Waals surface area contributed by atoms with E-state index in [1.54, 1.807) is 24.3 Å². The number of nitro benzene ring substituents is 1. The number of morpholine rings is 1. The number of amides is 1. The summed E-state index contributed by atoms with van der Waals surface area (Å²) in [5.74, 6) is -0.00908. The van der Waals surface area contributed by atoms with Crippen LogP contribution in [-0.4, -0.2) is 50.5 Å². The lowest BCUT2D eigenvalue weighted by atomic mass is 10.1. The molecule has 1 aliphatic heterocycles. The van der Waals surface area contributed by atoms with Crippen molar-refractivity contribution in [3.05, 3.63) is 75.8 Å². The minimum absolute atomic E-state index is 0.0154. The van der Waals surface area contributed by atoms with Gasteiger partial charge in [-0.3, -0.25) is 14.9 Å². The lowest BCUT2D eigenvalue weighted by molar-refractivity contribution is -0.384. The number of fused-ring (bicyclic) bond motifs is 1. The average molecular weight is 434 g/mol. The number of anilines is 1. The van der Waals surface area contributed by atoms with Gasteiger partial charge in [-0.2, -0.15) is 5.10 Å². The molecule has 1 fully saturated rings. The number of hydrogen-bond acceptors (Lipinski definition) is 7. The van der Waals surface area contributed by atoms with Crippen LogP contribution in [0.4, 0.5) is 11.4 Å². The highest BCUT2D eigenvalue weighted by Crippen LogP contribution is 2.29. The van der Waals surface area contributed by atoms with Crippen molar-refractivity contribution < 1.29 is 19.2 Å². The Morgan fingerprint density at radius 2 is 1.88 bits per heavy atom. The molecule has 0 radical (unpaired) electrons. The Labute approximate surface area is 184 Å². The summed E-state index contributed by atoms with van der Waals surface area (Å²) in [5.41, 5.74) is 3.84.